The first-order valence-electron chi connectivity index (χ1n) is 13.5. The lowest BCUT2D eigenvalue weighted by Crippen LogP contribution is -2.27. The number of carbonyl (C=O) groups excluding carboxylic acids is 2. The first-order chi connectivity index (χ1) is 15.3. The summed E-state index contributed by atoms with van der Waals surface area (Å²) in [5, 5.41) is 0. The Labute approximate surface area is 203 Å². The molecule has 0 N–H and O–H groups in total. The molecule has 3 rings (SSSR count). The number of Topliss-reactive ketones (excluding diaryl/α,β-unsaturated/α-hetero) is 2. The third-order valence-corrected chi connectivity index (χ3v) is 8.81. The summed E-state index contributed by atoms with van der Waals surface area (Å²) in [5.41, 5.74) is 3.25. The molecule has 0 atom stereocenters. The van der Waals surface area contributed by atoms with Crippen LogP contribution in [0.5, 0.6) is 0 Å². The smallest absolute Gasteiger partial charge is 0.163 e. The van der Waals surface area contributed by atoms with Crippen LogP contribution in [0.1, 0.15) is 132 Å². The van der Waals surface area contributed by atoms with Crippen molar-refractivity contribution in [3.8, 4) is 0 Å². The Bertz CT molecular complexity index is 753. The number of ketones is 2. The molecule has 0 aliphatic heterocycles. The number of aryl methyl sites for hydroxylation is 1. The molecule has 184 valence electrons. The van der Waals surface area contributed by atoms with Gasteiger partial charge in [-0.1, -0.05) is 41.5 Å². The first kappa shape index (κ1) is 26.2. The SMILES string of the molecule is Cc1cc(C(=O)CC2CCC(C(C)(C)C)CC2)cc(C(=O)CC2CCC(C(C)(C)C)CC2)c1. The van der Waals surface area contributed by atoms with Crippen LogP contribution in [0.4, 0.5) is 0 Å². The van der Waals surface area contributed by atoms with Gasteiger partial charge in [-0.05, 0) is 117 Å². The average molecular weight is 453 g/mol. The summed E-state index contributed by atoms with van der Waals surface area (Å²) in [4.78, 5) is 26.3. The van der Waals surface area contributed by atoms with E-state index in [-0.39, 0.29) is 11.6 Å². The fraction of sp³-hybridized carbons (Fsp3) is 0.742. The second-order valence-corrected chi connectivity index (χ2v) is 13.5. The minimum absolute atomic E-state index is 0.220. The van der Waals surface area contributed by atoms with Gasteiger partial charge in [-0.15, -0.1) is 0 Å². The first-order valence-corrected chi connectivity index (χ1v) is 13.5. The number of rotatable bonds is 6. The molecule has 0 amide bonds. The van der Waals surface area contributed by atoms with Gasteiger partial charge in [0.05, 0.1) is 0 Å². The van der Waals surface area contributed by atoms with Crippen molar-refractivity contribution in [1.29, 1.82) is 0 Å². The Kier molecular flexibility index (Phi) is 8.28. The van der Waals surface area contributed by atoms with E-state index in [4.69, 9.17) is 0 Å². The zero-order valence-electron chi connectivity index (χ0n) is 22.4. The van der Waals surface area contributed by atoms with Gasteiger partial charge < -0.3 is 0 Å². The quantitative estimate of drug-likeness (QED) is 0.404. The van der Waals surface area contributed by atoms with Crippen molar-refractivity contribution in [2.24, 2.45) is 34.5 Å². The van der Waals surface area contributed by atoms with Gasteiger partial charge in [-0.2, -0.15) is 0 Å². The molecule has 2 fully saturated rings. The van der Waals surface area contributed by atoms with Crippen molar-refractivity contribution < 1.29 is 9.59 Å². The Balaban J connectivity index is 1.57. The number of hydrogen-bond acceptors (Lipinski definition) is 2. The lowest BCUT2D eigenvalue weighted by Gasteiger charge is -2.37. The third-order valence-electron chi connectivity index (χ3n) is 8.81. The molecule has 0 aromatic heterocycles. The van der Waals surface area contributed by atoms with Gasteiger partial charge in [0, 0.05) is 24.0 Å². The van der Waals surface area contributed by atoms with E-state index in [0.717, 1.165) is 54.2 Å². The highest BCUT2D eigenvalue weighted by molar-refractivity contribution is 6.01. The van der Waals surface area contributed by atoms with E-state index in [1.54, 1.807) is 0 Å². The monoisotopic (exact) mass is 452 g/mol. The van der Waals surface area contributed by atoms with Crippen LogP contribution in [0.25, 0.3) is 0 Å². The Morgan fingerprint density at radius 3 is 1.27 bits per heavy atom. The van der Waals surface area contributed by atoms with Crippen LogP contribution in [-0.2, 0) is 0 Å². The molecular formula is C31H48O2. The van der Waals surface area contributed by atoms with Crippen LogP contribution < -0.4 is 0 Å². The second kappa shape index (κ2) is 10.4. The summed E-state index contributed by atoms with van der Waals surface area (Å²) >= 11 is 0. The maximum Gasteiger partial charge on any atom is 0.163 e. The number of hydrogen-bond donors (Lipinski definition) is 0. The number of benzene rings is 1. The molecule has 2 aliphatic rings. The van der Waals surface area contributed by atoms with E-state index in [1.807, 2.05) is 25.1 Å². The summed E-state index contributed by atoms with van der Waals surface area (Å²) in [6.45, 7) is 16.0. The Morgan fingerprint density at radius 1 is 0.636 bits per heavy atom. The molecule has 0 spiro atoms. The highest BCUT2D eigenvalue weighted by Crippen LogP contribution is 2.42. The molecule has 2 heteroatoms. The van der Waals surface area contributed by atoms with Crippen molar-refractivity contribution >= 4 is 11.6 Å². The van der Waals surface area contributed by atoms with E-state index >= 15 is 0 Å². The topological polar surface area (TPSA) is 34.1 Å². The summed E-state index contributed by atoms with van der Waals surface area (Å²) < 4.78 is 0. The van der Waals surface area contributed by atoms with Crippen molar-refractivity contribution in [3.05, 3.63) is 34.9 Å². The summed E-state index contributed by atoms with van der Waals surface area (Å²) in [5.74, 6) is 2.97. The molecule has 1 aromatic carbocycles. The highest BCUT2D eigenvalue weighted by atomic mass is 16.1. The zero-order chi connectivity index (χ0) is 24.4. The molecular weight excluding hydrogens is 404 g/mol. The van der Waals surface area contributed by atoms with Crippen LogP contribution in [0.2, 0.25) is 0 Å². The van der Waals surface area contributed by atoms with Crippen LogP contribution in [0.15, 0.2) is 18.2 Å². The highest BCUT2D eigenvalue weighted by Gasteiger charge is 2.32. The fourth-order valence-electron chi connectivity index (χ4n) is 6.33. The van der Waals surface area contributed by atoms with Crippen LogP contribution in [0, 0.1) is 41.4 Å². The Hall–Kier alpha value is -1.44. The largest absolute Gasteiger partial charge is 0.294 e. The van der Waals surface area contributed by atoms with E-state index in [2.05, 4.69) is 41.5 Å². The molecule has 1 aromatic rings. The summed E-state index contributed by atoms with van der Waals surface area (Å²) in [7, 11) is 0. The van der Waals surface area contributed by atoms with Crippen molar-refractivity contribution in [3.63, 3.8) is 0 Å². The van der Waals surface area contributed by atoms with E-state index in [9.17, 15) is 9.59 Å². The van der Waals surface area contributed by atoms with Crippen LogP contribution in [-0.4, -0.2) is 11.6 Å². The second-order valence-electron chi connectivity index (χ2n) is 13.5. The molecule has 0 saturated heterocycles. The molecule has 2 saturated carbocycles. The summed E-state index contributed by atoms with van der Waals surface area (Å²) in [6.07, 6.45) is 10.8. The van der Waals surface area contributed by atoms with Gasteiger partial charge in [0.2, 0.25) is 0 Å². The lowest BCUT2D eigenvalue weighted by molar-refractivity contribution is 0.0915. The predicted octanol–water partition coefficient (Wildman–Crippen LogP) is 8.85. The van der Waals surface area contributed by atoms with Crippen LogP contribution >= 0.6 is 0 Å². The maximum absolute atomic E-state index is 13.1. The van der Waals surface area contributed by atoms with Gasteiger partial charge in [0.25, 0.3) is 0 Å². The molecule has 0 bridgehead atoms. The van der Waals surface area contributed by atoms with Crippen LogP contribution in [0.3, 0.4) is 0 Å². The fourth-order valence-corrected chi connectivity index (χ4v) is 6.33. The van der Waals surface area contributed by atoms with Crippen molar-refractivity contribution in [2.75, 3.05) is 0 Å². The third kappa shape index (κ3) is 7.27. The molecule has 2 aliphatic carbocycles. The van der Waals surface area contributed by atoms with E-state index in [1.165, 1.54) is 25.7 Å². The maximum atomic E-state index is 13.1. The van der Waals surface area contributed by atoms with Crippen molar-refractivity contribution in [2.45, 2.75) is 113 Å². The van der Waals surface area contributed by atoms with E-state index in [0.29, 0.717) is 35.5 Å². The zero-order valence-corrected chi connectivity index (χ0v) is 22.4. The molecule has 2 nitrogen and oxygen atoms in total. The number of carbonyl (C=O) groups is 2. The van der Waals surface area contributed by atoms with Gasteiger partial charge >= 0.3 is 0 Å². The van der Waals surface area contributed by atoms with Crippen molar-refractivity contribution in [1.82, 2.24) is 0 Å². The van der Waals surface area contributed by atoms with Gasteiger partial charge in [0.15, 0.2) is 11.6 Å². The molecule has 0 radical (unpaired) electrons. The van der Waals surface area contributed by atoms with Gasteiger partial charge in [-0.3, -0.25) is 9.59 Å². The van der Waals surface area contributed by atoms with Gasteiger partial charge in [0.1, 0.15) is 0 Å². The predicted molar refractivity (Wildman–Crippen MR) is 139 cm³/mol. The standard InChI is InChI=1S/C31H48O2/c1-21-16-24(28(32)18-22-8-12-26(13-9-22)30(2,3)4)20-25(17-21)29(33)19-23-10-14-27(15-11-23)31(5,6)7/h16-17,20,22-23,26-27H,8-15,18-19H2,1-7H3. The Morgan fingerprint density at radius 2 is 0.970 bits per heavy atom. The lowest BCUT2D eigenvalue weighted by atomic mass is 9.69. The summed E-state index contributed by atoms with van der Waals surface area (Å²) in [6, 6.07) is 5.85. The molecule has 33 heavy (non-hydrogen) atoms. The normalized spacial score (nSPS) is 26.8. The minimum Gasteiger partial charge on any atom is -0.294 e. The average Bonchev–Trinajstić information content (AvgIpc) is 2.72. The van der Waals surface area contributed by atoms with Gasteiger partial charge in [-0.25, -0.2) is 0 Å². The van der Waals surface area contributed by atoms with E-state index < -0.39 is 0 Å². The minimum atomic E-state index is 0.220. The molecule has 0 unspecified atom stereocenters. The molecule has 0 heterocycles.